The zero-order chi connectivity index (χ0) is 23.7. The maximum Gasteiger partial charge on any atom is 0.235 e. The summed E-state index contributed by atoms with van der Waals surface area (Å²) in [7, 11) is 2.20. The third kappa shape index (κ3) is 3.45. The van der Waals surface area contributed by atoms with Crippen LogP contribution in [0.5, 0.6) is 0 Å². The van der Waals surface area contributed by atoms with Crippen molar-refractivity contribution in [2.24, 2.45) is 17.8 Å². The second kappa shape index (κ2) is 8.05. The van der Waals surface area contributed by atoms with Gasteiger partial charge in [0.1, 0.15) is 0 Å². The predicted octanol–water partition coefficient (Wildman–Crippen LogP) is 3.59. The van der Waals surface area contributed by atoms with Crippen LogP contribution in [-0.2, 0) is 10.2 Å². The number of benzene rings is 2. The number of fused-ring (bicyclic) bond motifs is 3. The average molecular weight is 472 g/mol. The molecule has 2 saturated carbocycles. The van der Waals surface area contributed by atoms with Gasteiger partial charge in [0.25, 0.3) is 0 Å². The molecule has 7 rings (SSSR count). The molecule has 4 fully saturated rings. The number of aryl methyl sites for hydroxylation is 1. The summed E-state index contributed by atoms with van der Waals surface area (Å²) in [5.41, 5.74) is 13.3. The Labute approximate surface area is 208 Å². The molecule has 6 heteroatoms. The average Bonchev–Trinajstić information content (AvgIpc) is 3.40. The summed E-state index contributed by atoms with van der Waals surface area (Å²) in [6.07, 6.45) is 4.62. The van der Waals surface area contributed by atoms with E-state index >= 15 is 0 Å². The zero-order valence-electron chi connectivity index (χ0n) is 20.9. The van der Waals surface area contributed by atoms with E-state index in [0.29, 0.717) is 29.8 Å². The van der Waals surface area contributed by atoms with Gasteiger partial charge in [-0.15, -0.1) is 0 Å². The van der Waals surface area contributed by atoms with Crippen molar-refractivity contribution in [3.05, 3.63) is 59.2 Å². The summed E-state index contributed by atoms with van der Waals surface area (Å²) < 4.78 is 0. The highest BCUT2D eigenvalue weighted by molar-refractivity contribution is 6.09. The maximum absolute atomic E-state index is 13.1. The zero-order valence-corrected chi connectivity index (χ0v) is 20.9. The van der Waals surface area contributed by atoms with Crippen LogP contribution in [0.1, 0.15) is 48.4 Å². The number of amides is 1. The Morgan fingerprint density at radius 3 is 2.57 bits per heavy atom. The highest BCUT2D eigenvalue weighted by Crippen LogP contribution is 2.65. The van der Waals surface area contributed by atoms with Crippen LogP contribution >= 0.6 is 0 Å². The van der Waals surface area contributed by atoms with E-state index in [1.54, 1.807) is 0 Å². The van der Waals surface area contributed by atoms with Crippen LogP contribution in [0.15, 0.2) is 42.5 Å². The van der Waals surface area contributed by atoms with Crippen LogP contribution in [0.4, 0.5) is 11.4 Å². The normalized spacial score (nSPS) is 36.2. The van der Waals surface area contributed by atoms with Crippen LogP contribution < -0.4 is 21.1 Å². The lowest BCUT2D eigenvalue weighted by Crippen LogP contribution is -2.44. The number of rotatable bonds is 3. The van der Waals surface area contributed by atoms with E-state index < -0.39 is 0 Å². The molecule has 1 amide bonds. The minimum absolute atomic E-state index is 0.237. The second-order valence-corrected chi connectivity index (χ2v) is 11.8. The summed E-state index contributed by atoms with van der Waals surface area (Å²) in [6, 6.07) is 16.6. The van der Waals surface area contributed by atoms with E-state index in [1.807, 2.05) is 0 Å². The smallest absolute Gasteiger partial charge is 0.235 e. The number of piperazine rings is 1. The Balaban J connectivity index is 1.03. The first-order chi connectivity index (χ1) is 17.0. The first-order valence-corrected chi connectivity index (χ1v) is 13.5. The molecule has 0 aromatic heterocycles. The van der Waals surface area contributed by atoms with Crippen LogP contribution in [0, 0.1) is 24.7 Å². The molecule has 184 valence electrons. The molecular formula is C29H37N5O. The Kier molecular flexibility index (Phi) is 5.02. The number of nitrogens with one attached hydrogen (secondary N) is 3. The van der Waals surface area contributed by atoms with E-state index in [2.05, 4.69) is 82.4 Å². The number of nitrogens with zero attached hydrogens (tertiary/aromatic N) is 2. The van der Waals surface area contributed by atoms with Gasteiger partial charge in [-0.1, -0.05) is 29.8 Å². The van der Waals surface area contributed by atoms with Gasteiger partial charge >= 0.3 is 0 Å². The van der Waals surface area contributed by atoms with E-state index in [-0.39, 0.29) is 11.3 Å². The second-order valence-electron chi connectivity index (χ2n) is 11.8. The van der Waals surface area contributed by atoms with Gasteiger partial charge in [0.05, 0.1) is 11.5 Å². The van der Waals surface area contributed by atoms with Crippen molar-refractivity contribution in [1.29, 1.82) is 0 Å². The van der Waals surface area contributed by atoms with Crippen molar-refractivity contribution in [2.75, 3.05) is 43.4 Å². The van der Waals surface area contributed by atoms with Crippen molar-refractivity contribution < 1.29 is 4.79 Å². The molecule has 0 bridgehead atoms. The highest BCUT2D eigenvalue weighted by Gasteiger charge is 2.67. The number of carbonyl (C=O) groups excluding carboxylic acids is 1. The van der Waals surface area contributed by atoms with Gasteiger partial charge in [0.2, 0.25) is 5.91 Å². The third-order valence-corrected chi connectivity index (χ3v) is 9.81. The third-order valence-electron chi connectivity index (χ3n) is 9.81. The first kappa shape index (κ1) is 21.8. The number of hydrogen-bond donors (Lipinski definition) is 3. The Morgan fingerprint density at radius 1 is 0.971 bits per heavy atom. The van der Waals surface area contributed by atoms with Crippen LogP contribution in [-0.4, -0.2) is 50.1 Å². The summed E-state index contributed by atoms with van der Waals surface area (Å²) in [4.78, 5) is 18.0. The topological polar surface area (TPSA) is 59.6 Å². The van der Waals surface area contributed by atoms with Crippen LogP contribution in [0.3, 0.4) is 0 Å². The maximum atomic E-state index is 13.1. The predicted molar refractivity (Wildman–Crippen MR) is 139 cm³/mol. The molecule has 2 saturated heterocycles. The van der Waals surface area contributed by atoms with Crippen molar-refractivity contribution in [3.63, 3.8) is 0 Å². The van der Waals surface area contributed by atoms with E-state index in [9.17, 15) is 4.79 Å². The molecule has 2 aliphatic carbocycles. The lowest BCUT2D eigenvalue weighted by atomic mass is 9.72. The van der Waals surface area contributed by atoms with Gasteiger partial charge in [-0.05, 0) is 86.7 Å². The Morgan fingerprint density at radius 2 is 1.77 bits per heavy atom. The van der Waals surface area contributed by atoms with Crippen molar-refractivity contribution in [1.82, 2.24) is 15.8 Å². The fourth-order valence-electron chi connectivity index (χ4n) is 7.67. The molecule has 3 N–H and O–H groups in total. The van der Waals surface area contributed by atoms with Gasteiger partial charge in [-0.3, -0.25) is 10.2 Å². The number of carbonyl (C=O) groups is 1. The van der Waals surface area contributed by atoms with Gasteiger partial charge < -0.3 is 15.1 Å². The number of anilines is 2. The molecule has 3 aliphatic heterocycles. The number of hydrogen-bond acceptors (Lipinski definition) is 5. The molecule has 6 atom stereocenters. The van der Waals surface area contributed by atoms with Crippen LogP contribution in [0.2, 0.25) is 0 Å². The molecular weight excluding hydrogens is 434 g/mol. The number of likely N-dealkylation sites (N-methyl/N-ethyl adjacent to an activating group) is 1. The molecule has 5 unspecified atom stereocenters. The largest absolute Gasteiger partial charge is 0.369 e. The van der Waals surface area contributed by atoms with Crippen molar-refractivity contribution >= 4 is 17.3 Å². The minimum atomic E-state index is -0.261. The molecule has 2 aromatic rings. The summed E-state index contributed by atoms with van der Waals surface area (Å²) in [6.45, 7) is 6.61. The van der Waals surface area contributed by atoms with Crippen molar-refractivity contribution in [3.8, 4) is 0 Å². The molecule has 5 aliphatic rings. The summed E-state index contributed by atoms with van der Waals surface area (Å²) in [5, 5.41) is 3.18. The lowest BCUT2D eigenvalue weighted by Gasteiger charge is -2.35. The first-order valence-electron chi connectivity index (χ1n) is 13.5. The van der Waals surface area contributed by atoms with Crippen molar-refractivity contribution in [2.45, 2.75) is 50.1 Å². The van der Waals surface area contributed by atoms with Gasteiger partial charge in [0, 0.05) is 43.6 Å². The van der Waals surface area contributed by atoms with Gasteiger partial charge in [-0.2, -0.15) is 0 Å². The molecule has 0 radical (unpaired) electrons. The lowest BCUT2D eigenvalue weighted by molar-refractivity contribution is -0.118. The van der Waals surface area contributed by atoms with E-state index in [4.69, 9.17) is 0 Å². The Hall–Kier alpha value is -2.41. The fourth-order valence-corrected chi connectivity index (χ4v) is 7.67. The number of hydrazine groups is 1. The molecule has 3 heterocycles. The monoisotopic (exact) mass is 471 g/mol. The minimum Gasteiger partial charge on any atom is -0.369 e. The van der Waals surface area contributed by atoms with E-state index in [0.717, 1.165) is 44.7 Å². The Bertz CT molecular complexity index is 1140. The van der Waals surface area contributed by atoms with Gasteiger partial charge in [-0.25, -0.2) is 5.43 Å². The molecule has 1 spiro atoms. The van der Waals surface area contributed by atoms with E-state index in [1.165, 1.54) is 35.2 Å². The highest BCUT2D eigenvalue weighted by atomic mass is 16.2. The van der Waals surface area contributed by atoms with Crippen LogP contribution in [0.25, 0.3) is 0 Å². The van der Waals surface area contributed by atoms with Gasteiger partial charge in [0.15, 0.2) is 0 Å². The molecule has 35 heavy (non-hydrogen) atoms. The summed E-state index contributed by atoms with van der Waals surface area (Å²) >= 11 is 0. The fraction of sp³-hybridized carbons (Fsp3) is 0.552. The quantitative estimate of drug-likeness (QED) is 0.639. The standard InChI is InChI=1S/C29H37N5O/c1-18-3-10-25-23(15-18)29(28(35)30-25)17-24(29)20-6-9-22-26(16-20)31-32-27(22)19-4-7-21(8-5-19)34-13-11-33(2)12-14-34/h3-5,7-8,10,15,20,22,24,26-27,31-32H,6,9,11-14,16-17H2,1-2H3,(H,30,35)/t20?,22?,24?,26?,27?,29-/m0/s1. The molecule has 2 aromatic carbocycles. The SMILES string of the molecule is Cc1ccc2c(c1)[C@]1(CC1C1CCC3C(C1)NNC3c1ccc(N3CCN(C)CC3)cc1)C(=O)N2. The summed E-state index contributed by atoms with van der Waals surface area (Å²) in [5.74, 6) is 1.94. The molecule has 6 nitrogen and oxygen atoms in total.